The monoisotopic (exact) mass is 298 g/mol. The van der Waals surface area contributed by atoms with Gasteiger partial charge in [0.1, 0.15) is 16.0 Å². The summed E-state index contributed by atoms with van der Waals surface area (Å²) in [5.41, 5.74) is 0.902. The lowest BCUT2D eigenvalue weighted by Crippen LogP contribution is -1.98. The van der Waals surface area contributed by atoms with Crippen molar-refractivity contribution in [1.29, 1.82) is 0 Å². The maximum atomic E-state index is 6.10. The van der Waals surface area contributed by atoms with E-state index in [2.05, 4.69) is 9.97 Å². The Morgan fingerprint density at radius 1 is 1.22 bits per heavy atom. The molecular formula is C13H12Cl2N2S. The molecule has 0 saturated heterocycles. The lowest BCUT2D eigenvalue weighted by Gasteiger charge is -2.08. The summed E-state index contributed by atoms with van der Waals surface area (Å²) in [6.45, 7) is 3.93. The minimum Gasteiger partial charge on any atom is -0.226 e. The van der Waals surface area contributed by atoms with Crippen LogP contribution in [0.15, 0.2) is 34.2 Å². The van der Waals surface area contributed by atoms with Crippen LogP contribution in [0.1, 0.15) is 18.3 Å². The molecule has 0 radical (unpaired) electrons. The van der Waals surface area contributed by atoms with Crippen molar-refractivity contribution >= 4 is 35.0 Å². The minimum absolute atomic E-state index is 0.520. The molecule has 94 valence electrons. The molecule has 0 spiro atoms. The van der Waals surface area contributed by atoms with Crippen LogP contribution in [0.4, 0.5) is 0 Å². The molecule has 2 nitrogen and oxygen atoms in total. The van der Waals surface area contributed by atoms with Gasteiger partial charge >= 0.3 is 0 Å². The number of aromatic nitrogens is 2. The van der Waals surface area contributed by atoms with Crippen molar-refractivity contribution in [2.45, 2.75) is 30.2 Å². The number of benzene rings is 1. The quantitative estimate of drug-likeness (QED) is 0.761. The average molecular weight is 299 g/mol. The zero-order valence-corrected chi connectivity index (χ0v) is 12.4. The maximum absolute atomic E-state index is 6.10. The van der Waals surface area contributed by atoms with E-state index in [4.69, 9.17) is 23.2 Å². The largest absolute Gasteiger partial charge is 0.226 e. The normalized spacial score (nSPS) is 10.7. The van der Waals surface area contributed by atoms with E-state index in [0.717, 1.165) is 27.7 Å². The maximum Gasteiger partial charge on any atom is 0.136 e. The molecule has 18 heavy (non-hydrogen) atoms. The van der Waals surface area contributed by atoms with E-state index in [-0.39, 0.29) is 0 Å². The Labute approximate surface area is 121 Å². The number of aryl methyl sites for hydroxylation is 1. The highest BCUT2D eigenvalue weighted by Gasteiger charge is 2.10. The van der Waals surface area contributed by atoms with Crippen LogP contribution in [-0.4, -0.2) is 9.97 Å². The molecule has 2 rings (SSSR count). The van der Waals surface area contributed by atoms with Gasteiger partial charge in [0.05, 0.1) is 0 Å². The number of hydrogen-bond donors (Lipinski definition) is 0. The first-order valence-corrected chi connectivity index (χ1v) is 7.14. The molecule has 1 heterocycles. The third-order valence-corrected chi connectivity index (χ3v) is 4.10. The van der Waals surface area contributed by atoms with Crippen molar-refractivity contribution in [3.63, 3.8) is 0 Å². The van der Waals surface area contributed by atoms with Gasteiger partial charge in [0.2, 0.25) is 0 Å². The van der Waals surface area contributed by atoms with E-state index in [0.29, 0.717) is 10.2 Å². The summed E-state index contributed by atoms with van der Waals surface area (Å²) in [4.78, 5) is 9.77. The standard InChI is InChI=1S/C13H12Cl2N2S/c1-3-11-16-12(15)8(2)13(17-11)18-10-6-4-5-9(14)7-10/h4-7H,3H2,1-2H3. The molecule has 0 N–H and O–H groups in total. The van der Waals surface area contributed by atoms with Crippen molar-refractivity contribution in [3.8, 4) is 0 Å². The highest BCUT2D eigenvalue weighted by Crippen LogP contribution is 2.32. The van der Waals surface area contributed by atoms with Gasteiger partial charge in [-0.2, -0.15) is 0 Å². The molecule has 1 aromatic carbocycles. The van der Waals surface area contributed by atoms with Crippen molar-refractivity contribution in [1.82, 2.24) is 9.97 Å². The lowest BCUT2D eigenvalue weighted by molar-refractivity contribution is 0.872. The summed E-state index contributed by atoms with van der Waals surface area (Å²) in [7, 11) is 0. The second-order valence-corrected chi connectivity index (χ2v) is 5.63. The highest BCUT2D eigenvalue weighted by molar-refractivity contribution is 7.99. The first kappa shape index (κ1) is 13.7. The number of hydrogen-bond acceptors (Lipinski definition) is 3. The van der Waals surface area contributed by atoms with Gasteiger partial charge in [-0.1, -0.05) is 48.0 Å². The zero-order chi connectivity index (χ0) is 13.1. The van der Waals surface area contributed by atoms with Crippen molar-refractivity contribution in [3.05, 3.63) is 45.8 Å². The predicted octanol–water partition coefficient (Wildman–Crippen LogP) is 4.81. The van der Waals surface area contributed by atoms with E-state index < -0.39 is 0 Å². The van der Waals surface area contributed by atoms with Gasteiger partial charge in [0.25, 0.3) is 0 Å². The van der Waals surface area contributed by atoms with Gasteiger partial charge in [-0.25, -0.2) is 9.97 Å². The molecular weight excluding hydrogens is 287 g/mol. The second-order valence-electron chi connectivity index (χ2n) is 3.77. The van der Waals surface area contributed by atoms with Crippen LogP contribution in [0.2, 0.25) is 10.2 Å². The first-order chi connectivity index (χ1) is 8.60. The summed E-state index contributed by atoms with van der Waals surface area (Å²) in [5, 5.41) is 2.12. The smallest absolute Gasteiger partial charge is 0.136 e. The topological polar surface area (TPSA) is 25.8 Å². The van der Waals surface area contributed by atoms with E-state index in [9.17, 15) is 0 Å². The Morgan fingerprint density at radius 3 is 2.67 bits per heavy atom. The van der Waals surface area contributed by atoms with Crippen LogP contribution in [-0.2, 0) is 6.42 Å². The average Bonchev–Trinajstić information content (AvgIpc) is 2.34. The zero-order valence-electron chi connectivity index (χ0n) is 10.1. The predicted molar refractivity (Wildman–Crippen MR) is 76.7 cm³/mol. The molecule has 0 aliphatic heterocycles. The van der Waals surface area contributed by atoms with Crippen molar-refractivity contribution < 1.29 is 0 Å². The summed E-state index contributed by atoms with van der Waals surface area (Å²) in [6, 6.07) is 7.68. The molecule has 0 bridgehead atoms. The van der Waals surface area contributed by atoms with Crippen LogP contribution in [0.3, 0.4) is 0 Å². The molecule has 5 heteroatoms. The second kappa shape index (κ2) is 5.91. The van der Waals surface area contributed by atoms with Crippen LogP contribution < -0.4 is 0 Å². The summed E-state index contributed by atoms with van der Waals surface area (Å²) >= 11 is 13.6. The molecule has 0 fully saturated rings. The molecule has 2 aromatic rings. The van der Waals surface area contributed by atoms with Crippen LogP contribution in [0.5, 0.6) is 0 Å². The molecule has 0 aliphatic rings. The molecule has 0 saturated carbocycles. The van der Waals surface area contributed by atoms with E-state index >= 15 is 0 Å². The Hall–Kier alpha value is -0.770. The first-order valence-electron chi connectivity index (χ1n) is 5.56. The van der Waals surface area contributed by atoms with Crippen LogP contribution in [0, 0.1) is 6.92 Å². The summed E-state index contributed by atoms with van der Waals surface area (Å²) in [5.74, 6) is 0.759. The fraction of sp³-hybridized carbons (Fsp3) is 0.231. The Kier molecular flexibility index (Phi) is 4.49. The van der Waals surface area contributed by atoms with Gasteiger partial charge in [-0.05, 0) is 25.1 Å². The molecule has 0 amide bonds. The number of halogens is 2. The lowest BCUT2D eigenvalue weighted by atomic mass is 10.3. The fourth-order valence-corrected chi connectivity index (χ4v) is 2.87. The SMILES string of the molecule is CCc1nc(Cl)c(C)c(Sc2cccc(Cl)c2)n1. The third-order valence-electron chi connectivity index (χ3n) is 2.41. The third kappa shape index (κ3) is 3.16. The minimum atomic E-state index is 0.520. The van der Waals surface area contributed by atoms with Crippen LogP contribution in [0.25, 0.3) is 0 Å². The van der Waals surface area contributed by atoms with E-state index in [1.165, 1.54) is 0 Å². The van der Waals surface area contributed by atoms with Gasteiger partial charge in [0.15, 0.2) is 0 Å². The Morgan fingerprint density at radius 2 is 2.00 bits per heavy atom. The molecule has 1 aromatic heterocycles. The summed E-state index contributed by atoms with van der Waals surface area (Å²) < 4.78 is 0. The fourth-order valence-electron chi connectivity index (χ4n) is 1.41. The molecule has 0 unspecified atom stereocenters. The van der Waals surface area contributed by atoms with E-state index in [1.807, 2.05) is 38.1 Å². The van der Waals surface area contributed by atoms with Crippen LogP contribution >= 0.6 is 35.0 Å². The van der Waals surface area contributed by atoms with Crippen molar-refractivity contribution in [2.75, 3.05) is 0 Å². The van der Waals surface area contributed by atoms with E-state index in [1.54, 1.807) is 11.8 Å². The van der Waals surface area contributed by atoms with Gasteiger partial charge in [0, 0.05) is 21.9 Å². The van der Waals surface area contributed by atoms with Gasteiger partial charge in [-0.3, -0.25) is 0 Å². The molecule has 0 atom stereocenters. The highest BCUT2D eigenvalue weighted by atomic mass is 35.5. The van der Waals surface area contributed by atoms with Crippen molar-refractivity contribution in [2.24, 2.45) is 0 Å². The number of nitrogens with zero attached hydrogens (tertiary/aromatic N) is 2. The van der Waals surface area contributed by atoms with Gasteiger partial charge < -0.3 is 0 Å². The number of rotatable bonds is 3. The summed E-state index contributed by atoms with van der Waals surface area (Å²) in [6.07, 6.45) is 0.767. The van der Waals surface area contributed by atoms with Gasteiger partial charge in [-0.15, -0.1) is 0 Å². The molecule has 0 aliphatic carbocycles. The Bertz CT molecular complexity index is 573. The Balaban J connectivity index is 2.36.